The standard InChI is InChI=1S/C19H15F3N4O/c1-26(15-5-3-2-4-6-15)17-11-16(23-12-24-17)18(27)25-14-9-7-13(8-10-14)19(20,21)22/h2-12H,1H3,(H,25,27). The first-order chi connectivity index (χ1) is 12.8. The molecule has 0 saturated heterocycles. The highest BCUT2D eigenvalue weighted by Crippen LogP contribution is 2.30. The van der Waals surface area contributed by atoms with E-state index in [2.05, 4.69) is 15.3 Å². The molecule has 0 atom stereocenters. The van der Waals surface area contributed by atoms with E-state index in [1.807, 2.05) is 30.3 Å². The van der Waals surface area contributed by atoms with Crippen molar-refractivity contribution in [1.29, 1.82) is 0 Å². The van der Waals surface area contributed by atoms with Crippen LogP contribution in [0.25, 0.3) is 0 Å². The van der Waals surface area contributed by atoms with Crippen LogP contribution < -0.4 is 10.2 Å². The van der Waals surface area contributed by atoms with Gasteiger partial charge in [-0.15, -0.1) is 0 Å². The molecule has 0 aliphatic heterocycles. The Morgan fingerprint density at radius 3 is 2.30 bits per heavy atom. The zero-order valence-electron chi connectivity index (χ0n) is 14.2. The third-order valence-corrected chi connectivity index (χ3v) is 3.84. The fraction of sp³-hybridized carbons (Fsp3) is 0.105. The summed E-state index contributed by atoms with van der Waals surface area (Å²) in [4.78, 5) is 22.2. The maximum atomic E-state index is 12.6. The fourth-order valence-corrected chi connectivity index (χ4v) is 2.38. The average Bonchev–Trinajstić information content (AvgIpc) is 2.68. The molecule has 0 spiro atoms. The normalized spacial score (nSPS) is 11.1. The van der Waals surface area contributed by atoms with Gasteiger partial charge in [-0.2, -0.15) is 13.2 Å². The Morgan fingerprint density at radius 1 is 1.00 bits per heavy atom. The lowest BCUT2D eigenvalue weighted by Crippen LogP contribution is -2.17. The van der Waals surface area contributed by atoms with Gasteiger partial charge in [0.05, 0.1) is 5.56 Å². The van der Waals surface area contributed by atoms with Gasteiger partial charge in [0, 0.05) is 24.5 Å². The molecule has 0 aliphatic carbocycles. The number of nitrogens with one attached hydrogen (secondary N) is 1. The smallest absolute Gasteiger partial charge is 0.329 e. The minimum atomic E-state index is -4.42. The molecule has 0 unspecified atom stereocenters. The highest BCUT2D eigenvalue weighted by molar-refractivity contribution is 6.03. The van der Waals surface area contributed by atoms with Gasteiger partial charge in [-0.1, -0.05) is 18.2 Å². The number of carbonyl (C=O) groups excluding carboxylic acids is 1. The molecule has 138 valence electrons. The van der Waals surface area contributed by atoms with Gasteiger partial charge in [0.1, 0.15) is 17.8 Å². The molecular weight excluding hydrogens is 357 g/mol. The van der Waals surface area contributed by atoms with E-state index in [0.29, 0.717) is 5.82 Å². The number of amides is 1. The van der Waals surface area contributed by atoms with E-state index in [0.717, 1.165) is 17.8 Å². The van der Waals surface area contributed by atoms with Crippen LogP contribution in [0.4, 0.5) is 30.4 Å². The van der Waals surface area contributed by atoms with Crippen LogP contribution in [0.5, 0.6) is 0 Å². The van der Waals surface area contributed by atoms with Crippen molar-refractivity contribution in [1.82, 2.24) is 9.97 Å². The van der Waals surface area contributed by atoms with Crippen molar-refractivity contribution in [3.05, 3.63) is 78.2 Å². The Balaban J connectivity index is 1.76. The number of hydrogen-bond donors (Lipinski definition) is 1. The first-order valence-electron chi connectivity index (χ1n) is 7.94. The first kappa shape index (κ1) is 18.4. The fourth-order valence-electron chi connectivity index (χ4n) is 2.38. The third-order valence-electron chi connectivity index (χ3n) is 3.84. The molecule has 1 amide bonds. The maximum absolute atomic E-state index is 12.6. The average molecular weight is 372 g/mol. The van der Waals surface area contributed by atoms with Gasteiger partial charge in [-0.3, -0.25) is 4.79 Å². The lowest BCUT2D eigenvalue weighted by Gasteiger charge is -2.18. The molecule has 2 aromatic carbocycles. The molecule has 0 saturated carbocycles. The van der Waals surface area contributed by atoms with Gasteiger partial charge in [0.2, 0.25) is 0 Å². The number of alkyl halides is 3. The number of para-hydroxylation sites is 1. The zero-order valence-corrected chi connectivity index (χ0v) is 14.2. The number of benzene rings is 2. The van der Waals surface area contributed by atoms with Crippen molar-refractivity contribution in [2.45, 2.75) is 6.18 Å². The molecule has 3 rings (SSSR count). The van der Waals surface area contributed by atoms with Crippen LogP contribution in [-0.4, -0.2) is 22.9 Å². The summed E-state index contributed by atoms with van der Waals surface area (Å²) in [5.74, 6) is -0.0337. The summed E-state index contributed by atoms with van der Waals surface area (Å²) in [6, 6.07) is 15.1. The van der Waals surface area contributed by atoms with Crippen LogP contribution in [0.2, 0.25) is 0 Å². The van der Waals surface area contributed by atoms with E-state index in [1.165, 1.54) is 24.5 Å². The number of nitrogens with zero attached hydrogens (tertiary/aromatic N) is 3. The van der Waals surface area contributed by atoms with E-state index in [-0.39, 0.29) is 11.4 Å². The summed E-state index contributed by atoms with van der Waals surface area (Å²) in [5, 5.41) is 2.53. The topological polar surface area (TPSA) is 58.1 Å². The van der Waals surface area contributed by atoms with Gasteiger partial charge in [0.25, 0.3) is 5.91 Å². The minimum Gasteiger partial charge on any atom is -0.329 e. The number of halogens is 3. The van der Waals surface area contributed by atoms with E-state index >= 15 is 0 Å². The van der Waals surface area contributed by atoms with Crippen LogP contribution >= 0.6 is 0 Å². The summed E-state index contributed by atoms with van der Waals surface area (Å²) in [6.45, 7) is 0. The van der Waals surface area contributed by atoms with Crippen molar-refractivity contribution < 1.29 is 18.0 Å². The molecule has 0 aliphatic rings. The SMILES string of the molecule is CN(c1ccccc1)c1cc(C(=O)Nc2ccc(C(F)(F)F)cc2)ncn1. The Labute approximate surface area is 153 Å². The maximum Gasteiger partial charge on any atom is 0.416 e. The molecule has 0 bridgehead atoms. The molecule has 3 aromatic rings. The highest BCUT2D eigenvalue weighted by atomic mass is 19.4. The van der Waals surface area contributed by atoms with E-state index in [1.54, 1.807) is 11.9 Å². The number of anilines is 3. The zero-order chi connectivity index (χ0) is 19.4. The monoisotopic (exact) mass is 372 g/mol. The van der Waals surface area contributed by atoms with Crippen molar-refractivity contribution in [2.24, 2.45) is 0 Å². The van der Waals surface area contributed by atoms with Crippen molar-refractivity contribution in [2.75, 3.05) is 17.3 Å². The first-order valence-corrected chi connectivity index (χ1v) is 7.94. The minimum absolute atomic E-state index is 0.0997. The Kier molecular flexibility index (Phi) is 5.07. The van der Waals surface area contributed by atoms with Gasteiger partial charge >= 0.3 is 6.18 Å². The summed E-state index contributed by atoms with van der Waals surface area (Å²) >= 11 is 0. The third kappa shape index (κ3) is 4.41. The molecule has 1 heterocycles. The summed E-state index contributed by atoms with van der Waals surface area (Å²) < 4.78 is 37.8. The molecule has 0 radical (unpaired) electrons. The number of hydrogen-bond acceptors (Lipinski definition) is 4. The molecule has 8 heteroatoms. The van der Waals surface area contributed by atoms with Gasteiger partial charge in [-0.05, 0) is 36.4 Å². The Bertz CT molecular complexity index is 928. The van der Waals surface area contributed by atoms with Crippen LogP contribution in [0.1, 0.15) is 16.1 Å². The quantitative estimate of drug-likeness (QED) is 0.732. The Hall–Kier alpha value is -3.42. The molecule has 1 N–H and O–H groups in total. The molecule has 0 fully saturated rings. The number of aromatic nitrogens is 2. The predicted octanol–water partition coefficient (Wildman–Crippen LogP) is 4.52. The second-order valence-electron chi connectivity index (χ2n) is 5.69. The van der Waals surface area contributed by atoms with Gasteiger partial charge in [-0.25, -0.2) is 9.97 Å². The highest BCUT2D eigenvalue weighted by Gasteiger charge is 2.30. The van der Waals surface area contributed by atoms with Crippen LogP contribution in [-0.2, 0) is 6.18 Å². The molecular formula is C19H15F3N4O. The second-order valence-corrected chi connectivity index (χ2v) is 5.69. The van der Waals surface area contributed by atoms with E-state index in [9.17, 15) is 18.0 Å². The number of carbonyl (C=O) groups is 1. The molecule has 5 nitrogen and oxygen atoms in total. The second kappa shape index (κ2) is 7.45. The van der Waals surface area contributed by atoms with E-state index in [4.69, 9.17) is 0 Å². The van der Waals surface area contributed by atoms with Gasteiger partial charge in [0.15, 0.2) is 0 Å². The number of rotatable bonds is 4. The summed E-state index contributed by atoms with van der Waals surface area (Å²) in [5.41, 5.74) is 0.437. The van der Waals surface area contributed by atoms with E-state index < -0.39 is 17.6 Å². The van der Waals surface area contributed by atoms with Crippen LogP contribution in [0.15, 0.2) is 67.0 Å². The lowest BCUT2D eigenvalue weighted by atomic mass is 10.2. The lowest BCUT2D eigenvalue weighted by molar-refractivity contribution is -0.137. The molecule has 27 heavy (non-hydrogen) atoms. The molecule has 1 aromatic heterocycles. The van der Waals surface area contributed by atoms with Crippen LogP contribution in [0.3, 0.4) is 0 Å². The Morgan fingerprint density at radius 2 is 1.67 bits per heavy atom. The largest absolute Gasteiger partial charge is 0.416 e. The van der Waals surface area contributed by atoms with Crippen LogP contribution in [0, 0.1) is 0 Å². The summed E-state index contributed by atoms with van der Waals surface area (Å²) in [6.07, 6.45) is -3.16. The van der Waals surface area contributed by atoms with Crippen molar-refractivity contribution in [3.8, 4) is 0 Å². The van der Waals surface area contributed by atoms with Gasteiger partial charge < -0.3 is 10.2 Å². The predicted molar refractivity (Wildman–Crippen MR) is 95.9 cm³/mol. The van der Waals surface area contributed by atoms with Crippen molar-refractivity contribution >= 4 is 23.1 Å². The summed E-state index contributed by atoms with van der Waals surface area (Å²) in [7, 11) is 1.80. The van der Waals surface area contributed by atoms with Crippen molar-refractivity contribution in [3.63, 3.8) is 0 Å².